The van der Waals surface area contributed by atoms with Crippen molar-refractivity contribution < 1.29 is 0 Å². The lowest BCUT2D eigenvalue weighted by Crippen LogP contribution is -2.00. The summed E-state index contributed by atoms with van der Waals surface area (Å²) in [7, 11) is 0. The number of fused-ring (bicyclic) bond motifs is 5. The van der Waals surface area contributed by atoms with Gasteiger partial charge in [-0.15, -0.1) is 22.7 Å². The van der Waals surface area contributed by atoms with E-state index in [0.717, 1.165) is 48.4 Å². The summed E-state index contributed by atoms with van der Waals surface area (Å²) < 4.78 is 3.54. The highest BCUT2D eigenvalue weighted by Crippen LogP contribution is 2.43. The van der Waals surface area contributed by atoms with Gasteiger partial charge in [0.2, 0.25) is 0 Å². The van der Waals surface area contributed by atoms with Crippen LogP contribution in [-0.2, 0) is 0 Å². The van der Waals surface area contributed by atoms with Crippen LogP contribution in [0.1, 0.15) is 0 Å². The molecule has 0 aliphatic carbocycles. The highest BCUT2D eigenvalue weighted by molar-refractivity contribution is 7.26. The second-order valence-corrected chi connectivity index (χ2v) is 15.9. The minimum absolute atomic E-state index is 0.641. The van der Waals surface area contributed by atoms with Gasteiger partial charge in [0.1, 0.15) is 5.01 Å². The first-order chi connectivity index (χ1) is 27.7. The van der Waals surface area contributed by atoms with Crippen LogP contribution in [0.15, 0.2) is 182 Å². The molecular formula is C50H30N4S2. The number of hydrogen-bond donors (Lipinski definition) is 0. The summed E-state index contributed by atoms with van der Waals surface area (Å²) in [5.74, 6) is 1.94. The SMILES string of the molecule is c1ccc(-c2ccc(-c3nc4cc5sc6cccc(-c7nc(-c8ccccc8)nc(-c8ccc(-c9cccc%10ccccc9%10)cc8)n7)c6c5cc4s3)cc2)cc1. The van der Waals surface area contributed by atoms with E-state index in [4.69, 9.17) is 19.9 Å². The molecular weight excluding hydrogens is 721 g/mol. The first kappa shape index (κ1) is 32.6. The van der Waals surface area contributed by atoms with Crippen LogP contribution in [-0.4, -0.2) is 19.9 Å². The second kappa shape index (κ2) is 13.5. The smallest absolute Gasteiger partial charge is 0.164 e. The predicted molar refractivity (Wildman–Crippen MR) is 236 cm³/mol. The fourth-order valence-electron chi connectivity index (χ4n) is 7.61. The molecule has 0 spiro atoms. The van der Waals surface area contributed by atoms with E-state index in [2.05, 4.69) is 158 Å². The molecule has 0 unspecified atom stereocenters. The first-order valence-corrected chi connectivity index (χ1v) is 20.2. The highest BCUT2D eigenvalue weighted by atomic mass is 32.1. The molecule has 6 heteroatoms. The van der Waals surface area contributed by atoms with E-state index in [1.807, 2.05) is 24.3 Å². The fraction of sp³-hybridized carbons (Fsp3) is 0. The summed E-state index contributed by atoms with van der Waals surface area (Å²) in [6.07, 6.45) is 0. The zero-order valence-electron chi connectivity index (χ0n) is 29.9. The zero-order valence-corrected chi connectivity index (χ0v) is 31.6. The monoisotopic (exact) mass is 750 g/mol. The minimum atomic E-state index is 0.641. The van der Waals surface area contributed by atoms with E-state index in [-0.39, 0.29) is 0 Å². The molecule has 11 rings (SSSR count). The molecule has 0 aliphatic heterocycles. The van der Waals surface area contributed by atoms with Crippen molar-refractivity contribution in [2.75, 3.05) is 0 Å². The number of nitrogens with zero attached hydrogens (tertiary/aromatic N) is 4. The lowest BCUT2D eigenvalue weighted by Gasteiger charge is -2.11. The molecule has 0 amide bonds. The van der Waals surface area contributed by atoms with Gasteiger partial charge >= 0.3 is 0 Å². The lowest BCUT2D eigenvalue weighted by molar-refractivity contribution is 1.08. The number of thiazole rings is 1. The third-order valence-corrected chi connectivity index (χ3v) is 12.6. The van der Waals surface area contributed by atoms with Crippen LogP contribution in [0.5, 0.6) is 0 Å². The molecule has 0 aliphatic rings. The Hall–Kier alpha value is -6.86. The average Bonchev–Trinajstić information content (AvgIpc) is 3.86. The van der Waals surface area contributed by atoms with E-state index >= 15 is 0 Å². The van der Waals surface area contributed by atoms with Gasteiger partial charge < -0.3 is 0 Å². The molecule has 0 fully saturated rings. The summed E-state index contributed by atoms with van der Waals surface area (Å²) in [5, 5.41) is 5.81. The number of thiophene rings is 1. The predicted octanol–water partition coefficient (Wildman–Crippen LogP) is 14.0. The molecule has 56 heavy (non-hydrogen) atoms. The van der Waals surface area contributed by atoms with Crippen molar-refractivity contribution in [3.05, 3.63) is 182 Å². The van der Waals surface area contributed by atoms with Gasteiger partial charge in [-0.05, 0) is 51.2 Å². The standard InChI is InChI=1S/C50H30N4S2/c1-3-11-31(12-4-1)32-21-27-37(28-22-32)50-51-42-30-44-41(29-45(42)56-50)46-40(19-10-20-43(46)55-44)49-53-47(35-14-5-2-6-15-35)52-48(54-49)36-25-23-34(24-26-36)39-18-9-16-33-13-7-8-17-38(33)39/h1-30H. The molecule has 4 nitrogen and oxygen atoms in total. The number of rotatable bonds is 6. The number of hydrogen-bond acceptors (Lipinski definition) is 6. The molecule has 0 saturated carbocycles. The fourth-order valence-corrected chi connectivity index (χ4v) is 9.75. The lowest BCUT2D eigenvalue weighted by atomic mass is 9.97. The quantitative estimate of drug-likeness (QED) is 0.170. The van der Waals surface area contributed by atoms with Gasteiger partial charge in [0.05, 0.1) is 10.2 Å². The maximum absolute atomic E-state index is 5.20. The van der Waals surface area contributed by atoms with E-state index in [9.17, 15) is 0 Å². The van der Waals surface area contributed by atoms with Crippen LogP contribution in [0, 0.1) is 0 Å². The summed E-state index contributed by atoms with van der Waals surface area (Å²) in [6, 6.07) is 63.9. The summed E-state index contributed by atoms with van der Waals surface area (Å²) in [5.41, 5.74) is 9.77. The van der Waals surface area contributed by atoms with Gasteiger partial charge in [0.25, 0.3) is 0 Å². The van der Waals surface area contributed by atoms with Crippen LogP contribution in [0.2, 0.25) is 0 Å². The van der Waals surface area contributed by atoms with Gasteiger partial charge in [-0.1, -0.05) is 164 Å². The topological polar surface area (TPSA) is 51.6 Å². The largest absolute Gasteiger partial charge is 0.236 e. The highest BCUT2D eigenvalue weighted by Gasteiger charge is 2.19. The molecule has 0 bridgehead atoms. The van der Waals surface area contributed by atoms with E-state index in [1.54, 1.807) is 22.7 Å². The van der Waals surface area contributed by atoms with Crippen molar-refractivity contribution in [1.29, 1.82) is 0 Å². The van der Waals surface area contributed by atoms with Crippen LogP contribution < -0.4 is 0 Å². The van der Waals surface area contributed by atoms with Gasteiger partial charge in [0.15, 0.2) is 17.5 Å². The van der Waals surface area contributed by atoms with Crippen molar-refractivity contribution in [2.24, 2.45) is 0 Å². The summed E-state index contributed by atoms with van der Waals surface area (Å²) in [4.78, 5) is 20.5. The Morgan fingerprint density at radius 2 is 0.893 bits per heavy atom. The molecule has 3 aromatic heterocycles. The van der Waals surface area contributed by atoms with Crippen molar-refractivity contribution in [3.8, 4) is 67.0 Å². The number of aromatic nitrogens is 4. The summed E-state index contributed by atoms with van der Waals surface area (Å²) in [6.45, 7) is 0. The Bertz CT molecular complexity index is 3220. The van der Waals surface area contributed by atoms with Crippen molar-refractivity contribution >= 4 is 63.8 Å². The van der Waals surface area contributed by atoms with Gasteiger partial charge in [-0.2, -0.15) is 0 Å². The normalized spacial score (nSPS) is 11.6. The minimum Gasteiger partial charge on any atom is -0.236 e. The van der Waals surface area contributed by atoms with Crippen LogP contribution >= 0.6 is 22.7 Å². The molecule has 0 saturated heterocycles. The Labute approximate surface area is 331 Å². The third kappa shape index (κ3) is 5.75. The second-order valence-electron chi connectivity index (χ2n) is 13.8. The summed E-state index contributed by atoms with van der Waals surface area (Å²) >= 11 is 3.52. The van der Waals surface area contributed by atoms with Crippen LogP contribution in [0.4, 0.5) is 0 Å². The van der Waals surface area contributed by atoms with E-state index in [0.29, 0.717) is 17.5 Å². The van der Waals surface area contributed by atoms with E-state index < -0.39 is 0 Å². The molecule has 0 N–H and O–H groups in total. The van der Waals surface area contributed by atoms with Crippen molar-refractivity contribution in [2.45, 2.75) is 0 Å². The third-order valence-electron chi connectivity index (χ3n) is 10.4. The van der Waals surface area contributed by atoms with Gasteiger partial charge in [-0.25, -0.2) is 19.9 Å². The zero-order chi connectivity index (χ0) is 37.0. The molecule has 3 heterocycles. The molecule has 0 radical (unpaired) electrons. The maximum atomic E-state index is 5.20. The molecule has 8 aromatic carbocycles. The van der Waals surface area contributed by atoms with E-state index in [1.165, 1.54) is 42.2 Å². The molecule has 262 valence electrons. The van der Waals surface area contributed by atoms with Gasteiger partial charge in [0, 0.05) is 42.4 Å². The van der Waals surface area contributed by atoms with Gasteiger partial charge in [-0.3, -0.25) is 0 Å². The molecule has 0 atom stereocenters. The van der Waals surface area contributed by atoms with Crippen molar-refractivity contribution in [3.63, 3.8) is 0 Å². The first-order valence-electron chi connectivity index (χ1n) is 18.5. The van der Waals surface area contributed by atoms with Crippen LogP contribution in [0.25, 0.3) is 108 Å². The molecule has 11 aromatic rings. The van der Waals surface area contributed by atoms with Crippen LogP contribution in [0.3, 0.4) is 0 Å². The Balaban J connectivity index is 1.02. The number of benzene rings is 8. The van der Waals surface area contributed by atoms with Crippen molar-refractivity contribution in [1.82, 2.24) is 19.9 Å². The Kier molecular flexibility index (Phi) is 7.83. The average molecular weight is 751 g/mol. The Morgan fingerprint density at radius 3 is 1.68 bits per heavy atom. The maximum Gasteiger partial charge on any atom is 0.164 e. The Morgan fingerprint density at radius 1 is 0.321 bits per heavy atom.